The van der Waals surface area contributed by atoms with E-state index in [0.29, 0.717) is 12.1 Å². The summed E-state index contributed by atoms with van der Waals surface area (Å²) in [5.74, 6) is -1.07. The second-order valence-electron chi connectivity index (χ2n) is 6.06. The zero-order chi connectivity index (χ0) is 20.5. The highest BCUT2D eigenvalue weighted by Gasteiger charge is 2.16. The summed E-state index contributed by atoms with van der Waals surface area (Å²) in [6.07, 6.45) is 1.66. The maximum Gasteiger partial charge on any atom is 0.387 e. The van der Waals surface area contributed by atoms with E-state index >= 15 is 0 Å². The van der Waals surface area contributed by atoms with E-state index in [-0.39, 0.29) is 5.75 Å². The Kier molecular flexibility index (Phi) is 7.68. The Balaban J connectivity index is 1.79. The molecule has 0 unspecified atom stereocenters. The first-order chi connectivity index (χ1) is 13.3. The Morgan fingerprint density at radius 3 is 2.32 bits per heavy atom. The molecule has 2 aromatic carbocycles. The number of hydrogen-bond donors (Lipinski definition) is 1. The average molecular weight is 389 g/mol. The van der Waals surface area contributed by atoms with Crippen molar-refractivity contribution >= 4 is 18.0 Å². The highest BCUT2D eigenvalue weighted by molar-refractivity contribution is 5.90. The molecule has 1 amide bonds. The Hall–Kier alpha value is -3.22. The van der Waals surface area contributed by atoms with Crippen molar-refractivity contribution in [1.29, 1.82) is 0 Å². The quantitative estimate of drug-likeness (QED) is 0.550. The lowest BCUT2D eigenvalue weighted by molar-refractivity contribution is -0.150. The smallest absolute Gasteiger partial charge is 0.387 e. The molecule has 0 heterocycles. The SMILES string of the molecule is Cc1ccc(CNC(=O)[C@@H](C)OC(=O)/C=C/c2ccc(OC(F)F)cc2)cc1. The summed E-state index contributed by atoms with van der Waals surface area (Å²) in [5, 5.41) is 2.70. The number of aryl methyl sites for hydroxylation is 1. The summed E-state index contributed by atoms with van der Waals surface area (Å²) >= 11 is 0. The van der Waals surface area contributed by atoms with Crippen LogP contribution in [0.25, 0.3) is 6.08 Å². The van der Waals surface area contributed by atoms with Crippen LogP contribution in [0, 0.1) is 6.92 Å². The normalized spacial score (nSPS) is 12.0. The van der Waals surface area contributed by atoms with E-state index in [2.05, 4.69) is 10.1 Å². The monoisotopic (exact) mass is 389 g/mol. The Bertz CT molecular complexity index is 817. The fraction of sp³-hybridized carbons (Fsp3) is 0.238. The van der Waals surface area contributed by atoms with Gasteiger partial charge in [0.15, 0.2) is 6.10 Å². The topological polar surface area (TPSA) is 64.6 Å². The van der Waals surface area contributed by atoms with Crippen LogP contribution in [0.5, 0.6) is 5.75 Å². The van der Waals surface area contributed by atoms with Crippen LogP contribution in [0.15, 0.2) is 54.6 Å². The summed E-state index contributed by atoms with van der Waals surface area (Å²) in [5.41, 5.74) is 2.66. The predicted molar refractivity (Wildman–Crippen MR) is 101 cm³/mol. The van der Waals surface area contributed by atoms with Crippen LogP contribution in [-0.2, 0) is 20.9 Å². The standard InChI is InChI=1S/C21H21F2NO4/c1-14-3-5-17(6-4-14)13-24-20(26)15(2)27-19(25)12-9-16-7-10-18(11-8-16)28-21(22)23/h3-12,15,21H,13H2,1-2H3,(H,24,26)/b12-9+/t15-/m1/s1. The highest BCUT2D eigenvalue weighted by Crippen LogP contribution is 2.15. The van der Waals surface area contributed by atoms with Gasteiger partial charge in [0.25, 0.3) is 5.91 Å². The maximum absolute atomic E-state index is 12.1. The van der Waals surface area contributed by atoms with Gasteiger partial charge in [-0.05, 0) is 43.2 Å². The minimum Gasteiger partial charge on any atom is -0.449 e. The number of carbonyl (C=O) groups excluding carboxylic acids is 2. The van der Waals surface area contributed by atoms with Gasteiger partial charge in [-0.25, -0.2) is 4.79 Å². The van der Waals surface area contributed by atoms with Crippen molar-refractivity contribution in [2.75, 3.05) is 0 Å². The first-order valence-corrected chi connectivity index (χ1v) is 8.60. The van der Waals surface area contributed by atoms with Crippen LogP contribution in [0.4, 0.5) is 8.78 Å². The molecule has 0 spiro atoms. The minimum absolute atomic E-state index is 0.0218. The zero-order valence-corrected chi connectivity index (χ0v) is 15.5. The highest BCUT2D eigenvalue weighted by atomic mass is 19.3. The molecule has 0 saturated heterocycles. The minimum atomic E-state index is -2.89. The van der Waals surface area contributed by atoms with Crippen molar-refractivity contribution in [2.45, 2.75) is 33.1 Å². The molecule has 0 aliphatic heterocycles. The summed E-state index contributed by atoms with van der Waals surface area (Å²) in [4.78, 5) is 23.9. The molecule has 148 valence electrons. The molecule has 0 aliphatic rings. The third kappa shape index (κ3) is 7.19. The molecule has 5 nitrogen and oxygen atoms in total. The number of ether oxygens (including phenoxy) is 2. The van der Waals surface area contributed by atoms with Gasteiger partial charge in [-0.15, -0.1) is 0 Å². The van der Waals surface area contributed by atoms with Gasteiger partial charge < -0.3 is 14.8 Å². The Labute approximate surface area is 162 Å². The van der Waals surface area contributed by atoms with Gasteiger partial charge in [0.1, 0.15) is 5.75 Å². The van der Waals surface area contributed by atoms with E-state index in [4.69, 9.17) is 4.74 Å². The van der Waals surface area contributed by atoms with Crippen molar-refractivity contribution in [3.05, 3.63) is 71.3 Å². The number of rotatable bonds is 8. The first-order valence-electron chi connectivity index (χ1n) is 8.60. The molecule has 0 radical (unpaired) electrons. The molecular weight excluding hydrogens is 368 g/mol. The van der Waals surface area contributed by atoms with Gasteiger partial charge in [0.05, 0.1) is 0 Å². The first kappa shape index (κ1) is 21.1. The Morgan fingerprint density at radius 2 is 1.71 bits per heavy atom. The van der Waals surface area contributed by atoms with E-state index in [1.54, 1.807) is 0 Å². The zero-order valence-electron chi connectivity index (χ0n) is 15.5. The molecule has 0 fully saturated rings. The summed E-state index contributed by atoms with van der Waals surface area (Å²) in [6, 6.07) is 13.5. The number of hydrogen-bond acceptors (Lipinski definition) is 4. The van der Waals surface area contributed by atoms with E-state index in [0.717, 1.165) is 17.2 Å². The third-order valence-electron chi connectivity index (χ3n) is 3.77. The van der Waals surface area contributed by atoms with Crippen LogP contribution in [0.1, 0.15) is 23.6 Å². The van der Waals surface area contributed by atoms with Crippen LogP contribution in [0.2, 0.25) is 0 Å². The van der Waals surface area contributed by atoms with Gasteiger partial charge in [0, 0.05) is 12.6 Å². The second kappa shape index (κ2) is 10.2. The van der Waals surface area contributed by atoms with Gasteiger partial charge in [-0.3, -0.25) is 4.79 Å². The van der Waals surface area contributed by atoms with Crippen molar-refractivity contribution in [3.8, 4) is 5.75 Å². The number of halogens is 2. The van der Waals surface area contributed by atoms with Crippen molar-refractivity contribution in [1.82, 2.24) is 5.32 Å². The molecule has 28 heavy (non-hydrogen) atoms. The van der Waals surface area contributed by atoms with Crippen LogP contribution >= 0.6 is 0 Å². The fourth-order valence-corrected chi connectivity index (χ4v) is 2.23. The number of nitrogens with one attached hydrogen (secondary N) is 1. The maximum atomic E-state index is 12.1. The van der Waals surface area contributed by atoms with Crippen molar-refractivity contribution in [2.24, 2.45) is 0 Å². The summed E-state index contributed by atoms with van der Waals surface area (Å²) in [6.45, 7) is 0.898. The Morgan fingerprint density at radius 1 is 1.07 bits per heavy atom. The number of amides is 1. The molecule has 2 aromatic rings. The fourth-order valence-electron chi connectivity index (χ4n) is 2.23. The summed E-state index contributed by atoms with van der Waals surface area (Å²) < 4.78 is 33.5. The molecule has 0 bridgehead atoms. The lowest BCUT2D eigenvalue weighted by Crippen LogP contribution is -2.35. The largest absolute Gasteiger partial charge is 0.449 e. The molecule has 0 saturated carbocycles. The number of alkyl halides is 2. The molecule has 0 aliphatic carbocycles. The van der Waals surface area contributed by atoms with Gasteiger partial charge in [-0.1, -0.05) is 42.0 Å². The van der Waals surface area contributed by atoms with Crippen molar-refractivity contribution in [3.63, 3.8) is 0 Å². The molecular formula is C21H21F2NO4. The van der Waals surface area contributed by atoms with Gasteiger partial charge >= 0.3 is 12.6 Å². The molecule has 1 N–H and O–H groups in total. The van der Waals surface area contributed by atoms with E-state index in [9.17, 15) is 18.4 Å². The van der Waals surface area contributed by atoms with Crippen LogP contribution in [0.3, 0.4) is 0 Å². The predicted octanol–water partition coefficient (Wildman–Crippen LogP) is 3.86. The van der Waals surface area contributed by atoms with Gasteiger partial charge in [-0.2, -0.15) is 8.78 Å². The molecule has 2 rings (SSSR count). The van der Waals surface area contributed by atoms with Crippen LogP contribution < -0.4 is 10.1 Å². The molecule has 0 aromatic heterocycles. The van der Waals surface area contributed by atoms with E-state index in [1.165, 1.54) is 37.3 Å². The summed E-state index contributed by atoms with van der Waals surface area (Å²) in [7, 11) is 0. The number of benzene rings is 2. The average Bonchev–Trinajstić information content (AvgIpc) is 2.66. The van der Waals surface area contributed by atoms with Gasteiger partial charge in [0.2, 0.25) is 0 Å². The third-order valence-corrected chi connectivity index (χ3v) is 3.77. The molecule has 1 atom stereocenters. The van der Waals surface area contributed by atoms with E-state index < -0.39 is 24.6 Å². The van der Waals surface area contributed by atoms with E-state index in [1.807, 2.05) is 31.2 Å². The van der Waals surface area contributed by atoms with Crippen molar-refractivity contribution < 1.29 is 27.8 Å². The lowest BCUT2D eigenvalue weighted by Gasteiger charge is -2.12. The molecule has 7 heteroatoms. The lowest BCUT2D eigenvalue weighted by atomic mass is 10.1. The second-order valence-corrected chi connectivity index (χ2v) is 6.06. The number of carbonyl (C=O) groups is 2. The van der Waals surface area contributed by atoms with Crippen LogP contribution in [-0.4, -0.2) is 24.6 Å². The number of esters is 1.